The molecule has 3 N–H and O–H groups in total. The summed E-state index contributed by atoms with van der Waals surface area (Å²) in [5.74, 6) is 5.52. The number of imidazole rings is 1. The van der Waals surface area contributed by atoms with Crippen LogP contribution in [-0.2, 0) is 9.53 Å². The Morgan fingerprint density at radius 1 is 1.14 bits per heavy atom. The predicted octanol–water partition coefficient (Wildman–Crippen LogP) is 3.56. The number of carbonyl (C=O) groups excluding carboxylic acids is 2. The van der Waals surface area contributed by atoms with Gasteiger partial charge in [0.15, 0.2) is 5.16 Å². The number of esters is 1. The molecule has 29 heavy (non-hydrogen) atoms. The maximum atomic E-state index is 12.2. The molecule has 7 nitrogen and oxygen atoms in total. The standard InChI is InChI=1S/C21H22N4O3S/c1-14(2)28-20(27)16-8-10-17(11-9-16)23-19(26)13-29-21-24-18(12-25(21)22)15-6-4-3-5-7-15/h3-12,14H,13,22H2,1-2H3,(H,23,26). The minimum Gasteiger partial charge on any atom is -0.459 e. The number of benzene rings is 2. The monoisotopic (exact) mass is 410 g/mol. The third kappa shape index (κ3) is 5.61. The Bertz CT molecular complexity index is 985. The molecule has 3 rings (SSSR count). The van der Waals surface area contributed by atoms with Gasteiger partial charge in [-0.3, -0.25) is 4.79 Å². The minimum atomic E-state index is -0.391. The number of nitrogen functional groups attached to an aromatic ring is 1. The molecule has 1 heterocycles. The highest BCUT2D eigenvalue weighted by Gasteiger charge is 2.12. The molecule has 0 radical (unpaired) electrons. The number of nitrogens with two attached hydrogens (primary N) is 1. The van der Waals surface area contributed by atoms with Crippen LogP contribution in [0.2, 0.25) is 0 Å². The lowest BCUT2D eigenvalue weighted by molar-refractivity contribution is -0.113. The highest BCUT2D eigenvalue weighted by atomic mass is 32.2. The van der Waals surface area contributed by atoms with Gasteiger partial charge in [-0.2, -0.15) is 0 Å². The molecule has 1 amide bonds. The summed E-state index contributed by atoms with van der Waals surface area (Å²) in [5.41, 5.74) is 2.74. The van der Waals surface area contributed by atoms with E-state index < -0.39 is 5.97 Å². The van der Waals surface area contributed by atoms with E-state index in [1.54, 1.807) is 44.3 Å². The van der Waals surface area contributed by atoms with E-state index in [9.17, 15) is 9.59 Å². The molecule has 0 aliphatic rings. The SMILES string of the molecule is CC(C)OC(=O)c1ccc(NC(=O)CSc2nc(-c3ccccc3)cn2N)cc1. The van der Waals surface area contributed by atoms with Crippen molar-refractivity contribution in [3.63, 3.8) is 0 Å². The number of hydrogen-bond donors (Lipinski definition) is 2. The first kappa shape index (κ1) is 20.5. The van der Waals surface area contributed by atoms with Gasteiger partial charge in [0.1, 0.15) is 0 Å². The topological polar surface area (TPSA) is 99.2 Å². The van der Waals surface area contributed by atoms with E-state index in [1.165, 1.54) is 16.4 Å². The van der Waals surface area contributed by atoms with E-state index >= 15 is 0 Å². The Kier molecular flexibility index (Phi) is 6.56. The lowest BCUT2D eigenvalue weighted by Crippen LogP contribution is -2.16. The van der Waals surface area contributed by atoms with Crippen molar-refractivity contribution in [2.24, 2.45) is 0 Å². The molecule has 0 unspecified atom stereocenters. The van der Waals surface area contributed by atoms with Crippen molar-refractivity contribution < 1.29 is 14.3 Å². The summed E-state index contributed by atoms with van der Waals surface area (Å²) in [6, 6.07) is 16.3. The van der Waals surface area contributed by atoms with Crippen molar-refractivity contribution in [1.82, 2.24) is 9.66 Å². The van der Waals surface area contributed by atoms with Crippen LogP contribution in [0.15, 0.2) is 66.0 Å². The quantitative estimate of drug-likeness (QED) is 0.351. The average Bonchev–Trinajstić information content (AvgIpc) is 3.08. The van der Waals surface area contributed by atoms with Crippen molar-refractivity contribution in [1.29, 1.82) is 0 Å². The number of aromatic nitrogens is 2. The van der Waals surface area contributed by atoms with Crippen molar-refractivity contribution >= 4 is 29.3 Å². The van der Waals surface area contributed by atoms with Gasteiger partial charge in [-0.05, 0) is 38.1 Å². The number of anilines is 1. The number of hydrogen-bond acceptors (Lipinski definition) is 6. The van der Waals surface area contributed by atoms with E-state index in [0.717, 1.165) is 11.3 Å². The van der Waals surface area contributed by atoms with Crippen LogP contribution in [0.3, 0.4) is 0 Å². The van der Waals surface area contributed by atoms with Crippen LogP contribution in [0.5, 0.6) is 0 Å². The van der Waals surface area contributed by atoms with Crippen molar-refractivity contribution in [3.05, 3.63) is 66.4 Å². The summed E-state index contributed by atoms with van der Waals surface area (Å²) in [6.07, 6.45) is 1.54. The largest absolute Gasteiger partial charge is 0.459 e. The molecular formula is C21H22N4O3S. The molecule has 0 saturated carbocycles. The van der Waals surface area contributed by atoms with Gasteiger partial charge in [-0.25, -0.2) is 14.5 Å². The van der Waals surface area contributed by atoms with Crippen molar-refractivity contribution in [2.75, 3.05) is 16.9 Å². The van der Waals surface area contributed by atoms with Gasteiger partial charge in [-0.1, -0.05) is 42.1 Å². The fourth-order valence-electron chi connectivity index (χ4n) is 2.53. The average molecular weight is 410 g/mol. The first-order valence-electron chi connectivity index (χ1n) is 9.06. The number of nitrogens with one attached hydrogen (secondary N) is 1. The van der Waals surface area contributed by atoms with E-state index in [2.05, 4.69) is 10.3 Å². The zero-order valence-corrected chi connectivity index (χ0v) is 17.0. The number of rotatable bonds is 7. The second-order valence-electron chi connectivity index (χ2n) is 6.55. The summed E-state index contributed by atoms with van der Waals surface area (Å²) in [5, 5.41) is 3.33. The molecule has 0 atom stereocenters. The van der Waals surface area contributed by atoms with Crippen LogP contribution in [0, 0.1) is 0 Å². The summed E-state index contributed by atoms with van der Waals surface area (Å²) in [7, 11) is 0. The van der Waals surface area contributed by atoms with Gasteiger partial charge in [-0.15, -0.1) is 0 Å². The van der Waals surface area contributed by atoms with Crippen molar-refractivity contribution in [3.8, 4) is 11.3 Å². The fraction of sp³-hybridized carbons (Fsp3) is 0.190. The Labute approximate surface area is 173 Å². The van der Waals surface area contributed by atoms with E-state index in [-0.39, 0.29) is 17.8 Å². The van der Waals surface area contributed by atoms with Crippen LogP contribution in [0.25, 0.3) is 11.3 Å². The highest BCUT2D eigenvalue weighted by Crippen LogP contribution is 2.23. The Hall–Kier alpha value is -3.26. The highest BCUT2D eigenvalue weighted by molar-refractivity contribution is 7.99. The van der Waals surface area contributed by atoms with E-state index in [0.29, 0.717) is 16.4 Å². The Morgan fingerprint density at radius 2 is 1.83 bits per heavy atom. The number of ether oxygens (including phenoxy) is 1. The van der Waals surface area contributed by atoms with Gasteiger partial charge in [0.05, 0.1) is 29.3 Å². The molecule has 150 valence electrons. The molecule has 0 spiro atoms. The summed E-state index contributed by atoms with van der Waals surface area (Å²) >= 11 is 1.25. The third-order valence-electron chi connectivity index (χ3n) is 3.85. The van der Waals surface area contributed by atoms with Crippen LogP contribution in [-0.4, -0.2) is 33.4 Å². The van der Waals surface area contributed by atoms with Crippen LogP contribution in [0.4, 0.5) is 5.69 Å². The smallest absolute Gasteiger partial charge is 0.338 e. The summed E-state index contributed by atoms with van der Waals surface area (Å²) in [4.78, 5) is 28.6. The molecule has 0 fully saturated rings. The lowest BCUT2D eigenvalue weighted by atomic mass is 10.2. The second kappa shape index (κ2) is 9.29. The lowest BCUT2D eigenvalue weighted by Gasteiger charge is -2.09. The van der Waals surface area contributed by atoms with Gasteiger partial charge in [0.2, 0.25) is 5.91 Å². The molecule has 8 heteroatoms. The van der Waals surface area contributed by atoms with E-state index in [4.69, 9.17) is 10.6 Å². The summed E-state index contributed by atoms with van der Waals surface area (Å²) < 4.78 is 6.55. The molecule has 0 saturated heterocycles. The van der Waals surface area contributed by atoms with Crippen molar-refractivity contribution in [2.45, 2.75) is 25.1 Å². The zero-order chi connectivity index (χ0) is 20.8. The van der Waals surface area contributed by atoms with Gasteiger partial charge < -0.3 is 15.9 Å². The fourth-order valence-corrected chi connectivity index (χ4v) is 3.23. The van der Waals surface area contributed by atoms with Gasteiger partial charge in [0, 0.05) is 11.3 Å². The molecule has 0 aliphatic carbocycles. The molecule has 1 aromatic heterocycles. The molecular weight excluding hydrogens is 388 g/mol. The van der Waals surface area contributed by atoms with Gasteiger partial charge >= 0.3 is 5.97 Å². The van der Waals surface area contributed by atoms with Crippen LogP contribution < -0.4 is 11.2 Å². The first-order chi connectivity index (χ1) is 13.9. The zero-order valence-electron chi connectivity index (χ0n) is 16.2. The molecule has 2 aromatic carbocycles. The maximum absolute atomic E-state index is 12.2. The molecule has 3 aromatic rings. The molecule has 0 aliphatic heterocycles. The number of carbonyl (C=O) groups is 2. The van der Waals surface area contributed by atoms with E-state index in [1.807, 2.05) is 30.3 Å². The Morgan fingerprint density at radius 3 is 2.48 bits per heavy atom. The summed E-state index contributed by atoms with van der Waals surface area (Å²) in [6.45, 7) is 3.58. The minimum absolute atomic E-state index is 0.152. The molecule has 0 bridgehead atoms. The number of nitrogens with zero attached hydrogens (tertiary/aromatic N) is 2. The third-order valence-corrected chi connectivity index (χ3v) is 4.81. The van der Waals surface area contributed by atoms with Gasteiger partial charge in [0.25, 0.3) is 0 Å². The normalized spacial score (nSPS) is 10.7. The second-order valence-corrected chi connectivity index (χ2v) is 7.49. The van der Waals surface area contributed by atoms with Crippen LogP contribution in [0.1, 0.15) is 24.2 Å². The maximum Gasteiger partial charge on any atom is 0.338 e. The van der Waals surface area contributed by atoms with Crippen LogP contribution >= 0.6 is 11.8 Å². The predicted molar refractivity (Wildman–Crippen MR) is 114 cm³/mol. The number of thioether (sulfide) groups is 1. The number of amides is 1. The first-order valence-corrected chi connectivity index (χ1v) is 10.0. The Balaban J connectivity index is 1.55.